The maximum Gasteiger partial charge on any atom is 0.326 e. The minimum Gasteiger partial charge on any atom is -0.480 e. The van der Waals surface area contributed by atoms with E-state index in [-0.39, 0.29) is 24.4 Å². The van der Waals surface area contributed by atoms with Gasteiger partial charge in [-0.05, 0) is 31.7 Å². The summed E-state index contributed by atoms with van der Waals surface area (Å²) in [6.45, 7) is 1.44. The molecular weight excluding hydrogens is 372 g/mol. The molecule has 1 aliphatic heterocycles. The number of aryl methyl sites for hydroxylation is 1. The van der Waals surface area contributed by atoms with Crippen LogP contribution in [-0.4, -0.2) is 56.7 Å². The van der Waals surface area contributed by atoms with E-state index >= 15 is 0 Å². The lowest BCUT2D eigenvalue weighted by atomic mass is 10.1. The Morgan fingerprint density at radius 2 is 1.83 bits per heavy atom. The molecule has 1 fully saturated rings. The molecule has 0 bridgehead atoms. The average molecular weight is 398 g/mol. The minimum atomic E-state index is -1.16. The summed E-state index contributed by atoms with van der Waals surface area (Å²) < 4.78 is 1.43. The third-order valence-electron chi connectivity index (χ3n) is 5.14. The van der Waals surface area contributed by atoms with Gasteiger partial charge < -0.3 is 15.3 Å². The lowest BCUT2D eigenvalue weighted by Crippen LogP contribution is -2.43. The molecule has 0 aliphatic carbocycles. The highest BCUT2D eigenvalue weighted by Gasteiger charge is 2.25. The van der Waals surface area contributed by atoms with Crippen molar-refractivity contribution in [2.45, 2.75) is 38.1 Å². The number of rotatable bonds is 7. The van der Waals surface area contributed by atoms with Gasteiger partial charge in [-0.25, -0.2) is 4.79 Å². The van der Waals surface area contributed by atoms with Gasteiger partial charge in [-0.3, -0.25) is 14.3 Å². The molecule has 1 aromatic heterocycles. The number of likely N-dealkylation sites (tertiary alicyclic amines) is 1. The maximum absolute atomic E-state index is 12.6. The SMILES string of the molecule is Cn1nc(-c2ccccc2)cc1C(=O)N[C@H](CCC(=O)N1CCCCC1)C(=O)O. The van der Waals surface area contributed by atoms with Gasteiger partial charge in [0.1, 0.15) is 11.7 Å². The average Bonchev–Trinajstić information content (AvgIpc) is 3.13. The molecular formula is C21H26N4O4. The Bertz CT molecular complexity index is 872. The fourth-order valence-electron chi connectivity index (χ4n) is 3.49. The minimum absolute atomic E-state index is 0.0554. The fraction of sp³-hybridized carbons (Fsp3) is 0.429. The number of nitrogens with one attached hydrogen (secondary N) is 1. The normalized spacial score (nSPS) is 15.0. The van der Waals surface area contributed by atoms with E-state index in [1.54, 1.807) is 18.0 Å². The van der Waals surface area contributed by atoms with Crippen LogP contribution < -0.4 is 5.32 Å². The van der Waals surface area contributed by atoms with Crippen LogP contribution in [-0.2, 0) is 16.6 Å². The third-order valence-corrected chi connectivity index (χ3v) is 5.14. The van der Waals surface area contributed by atoms with Crippen molar-refractivity contribution >= 4 is 17.8 Å². The summed E-state index contributed by atoms with van der Waals surface area (Å²) in [6, 6.07) is 9.91. The van der Waals surface area contributed by atoms with E-state index in [9.17, 15) is 19.5 Å². The first kappa shape index (κ1) is 20.6. The van der Waals surface area contributed by atoms with Crippen molar-refractivity contribution < 1.29 is 19.5 Å². The third kappa shape index (κ3) is 5.22. The number of nitrogens with zero attached hydrogens (tertiary/aromatic N) is 3. The summed E-state index contributed by atoms with van der Waals surface area (Å²) in [5.41, 5.74) is 1.76. The number of carbonyl (C=O) groups is 3. The highest BCUT2D eigenvalue weighted by Crippen LogP contribution is 2.18. The van der Waals surface area contributed by atoms with Crippen molar-refractivity contribution in [3.8, 4) is 11.3 Å². The molecule has 2 heterocycles. The van der Waals surface area contributed by atoms with Crippen molar-refractivity contribution in [1.82, 2.24) is 20.0 Å². The summed E-state index contributed by atoms with van der Waals surface area (Å²) in [7, 11) is 1.64. The van der Waals surface area contributed by atoms with Crippen LogP contribution in [0.3, 0.4) is 0 Å². The molecule has 1 aromatic carbocycles. The van der Waals surface area contributed by atoms with Crippen LogP contribution in [0.4, 0.5) is 0 Å². The molecule has 29 heavy (non-hydrogen) atoms. The van der Waals surface area contributed by atoms with E-state index < -0.39 is 17.9 Å². The second-order valence-electron chi connectivity index (χ2n) is 7.25. The first-order valence-corrected chi connectivity index (χ1v) is 9.86. The molecule has 0 radical (unpaired) electrons. The van der Waals surface area contributed by atoms with E-state index in [0.717, 1.165) is 37.9 Å². The highest BCUT2D eigenvalue weighted by molar-refractivity contribution is 5.96. The second kappa shape index (κ2) is 9.36. The molecule has 0 unspecified atom stereocenters. The number of carboxylic acid groups (broad SMARTS) is 1. The monoisotopic (exact) mass is 398 g/mol. The van der Waals surface area contributed by atoms with Gasteiger partial charge in [0.15, 0.2) is 0 Å². The summed E-state index contributed by atoms with van der Waals surface area (Å²) in [6.07, 6.45) is 3.23. The Balaban J connectivity index is 1.63. The molecule has 1 aliphatic rings. The fourth-order valence-corrected chi connectivity index (χ4v) is 3.49. The van der Waals surface area contributed by atoms with Crippen molar-refractivity contribution in [1.29, 1.82) is 0 Å². The van der Waals surface area contributed by atoms with Crippen molar-refractivity contribution in [3.63, 3.8) is 0 Å². The number of amides is 2. The van der Waals surface area contributed by atoms with Crippen molar-refractivity contribution in [2.24, 2.45) is 7.05 Å². The summed E-state index contributed by atoms with van der Waals surface area (Å²) in [4.78, 5) is 38.3. The second-order valence-corrected chi connectivity index (χ2v) is 7.25. The van der Waals surface area contributed by atoms with Gasteiger partial charge >= 0.3 is 5.97 Å². The van der Waals surface area contributed by atoms with Crippen molar-refractivity contribution in [2.75, 3.05) is 13.1 Å². The van der Waals surface area contributed by atoms with Gasteiger partial charge in [-0.2, -0.15) is 5.10 Å². The molecule has 3 rings (SSSR count). The lowest BCUT2D eigenvalue weighted by Gasteiger charge is -2.27. The van der Waals surface area contributed by atoms with Crippen LogP contribution in [0.5, 0.6) is 0 Å². The van der Waals surface area contributed by atoms with Gasteiger partial charge in [-0.15, -0.1) is 0 Å². The number of carbonyl (C=O) groups excluding carboxylic acids is 2. The zero-order valence-corrected chi connectivity index (χ0v) is 16.5. The van der Waals surface area contributed by atoms with E-state index in [1.807, 2.05) is 30.3 Å². The van der Waals surface area contributed by atoms with Crippen LogP contribution >= 0.6 is 0 Å². The molecule has 2 N–H and O–H groups in total. The van der Waals surface area contributed by atoms with Crippen LogP contribution in [0.1, 0.15) is 42.6 Å². The number of carboxylic acids is 1. The predicted molar refractivity (Wildman–Crippen MR) is 107 cm³/mol. The predicted octanol–water partition coefficient (Wildman–Crippen LogP) is 2.06. The molecule has 2 amide bonds. The molecule has 0 saturated carbocycles. The van der Waals surface area contributed by atoms with Gasteiger partial charge in [0.05, 0.1) is 5.69 Å². The molecule has 1 saturated heterocycles. The quantitative estimate of drug-likeness (QED) is 0.743. The Kier molecular flexibility index (Phi) is 6.64. The van der Waals surface area contributed by atoms with E-state index in [0.29, 0.717) is 5.69 Å². The number of piperidine rings is 1. The number of aliphatic carboxylic acids is 1. The zero-order valence-electron chi connectivity index (χ0n) is 16.5. The standard InChI is InChI=1S/C21H26N4O4/c1-24-18(14-17(23-24)15-8-4-2-5-9-15)20(27)22-16(21(28)29)10-11-19(26)25-12-6-3-7-13-25/h2,4-5,8-9,14,16H,3,6-7,10-13H2,1H3,(H,22,27)(H,28,29)/t16-/m1/s1. The highest BCUT2D eigenvalue weighted by atomic mass is 16.4. The van der Waals surface area contributed by atoms with Crippen LogP contribution in [0.25, 0.3) is 11.3 Å². The van der Waals surface area contributed by atoms with Gasteiger partial charge in [0.2, 0.25) is 5.91 Å². The number of hydrogen-bond donors (Lipinski definition) is 2. The number of benzene rings is 1. The molecule has 1 atom stereocenters. The molecule has 2 aromatic rings. The van der Waals surface area contributed by atoms with Crippen LogP contribution in [0.15, 0.2) is 36.4 Å². The Labute approximate surface area is 169 Å². The number of hydrogen-bond acceptors (Lipinski definition) is 4. The summed E-state index contributed by atoms with van der Waals surface area (Å²) in [5.74, 6) is -1.74. The molecule has 8 nitrogen and oxygen atoms in total. The maximum atomic E-state index is 12.6. The van der Waals surface area contributed by atoms with Crippen LogP contribution in [0, 0.1) is 0 Å². The van der Waals surface area contributed by atoms with Gasteiger partial charge in [-0.1, -0.05) is 30.3 Å². The lowest BCUT2D eigenvalue weighted by molar-refractivity contribution is -0.139. The summed E-state index contributed by atoms with van der Waals surface area (Å²) in [5, 5.41) is 16.3. The molecule has 154 valence electrons. The molecule has 8 heteroatoms. The Morgan fingerprint density at radius 3 is 2.48 bits per heavy atom. The van der Waals surface area contributed by atoms with Crippen LogP contribution in [0.2, 0.25) is 0 Å². The smallest absolute Gasteiger partial charge is 0.326 e. The van der Waals surface area contributed by atoms with E-state index in [2.05, 4.69) is 10.4 Å². The Hall–Kier alpha value is -3.16. The van der Waals surface area contributed by atoms with E-state index in [4.69, 9.17) is 0 Å². The first-order valence-electron chi connectivity index (χ1n) is 9.86. The van der Waals surface area contributed by atoms with Gasteiger partial charge in [0.25, 0.3) is 5.91 Å². The van der Waals surface area contributed by atoms with Gasteiger partial charge in [0, 0.05) is 32.1 Å². The molecule has 0 spiro atoms. The number of aromatic nitrogens is 2. The van der Waals surface area contributed by atoms with Crippen molar-refractivity contribution in [3.05, 3.63) is 42.1 Å². The Morgan fingerprint density at radius 1 is 1.14 bits per heavy atom. The van der Waals surface area contributed by atoms with E-state index in [1.165, 1.54) is 4.68 Å². The zero-order chi connectivity index (χ0) is 20.8. The summed E-state index contributed by atoms with van der Waals surface area (Å²) >= 11 is 0. The largest absolute Gasteiger partial charge is 0.480 e. The first-order chi connectivity index (χ1) is 14.0. The topological polar surface area (TPSA) is 105 Å².